The fourth-order valence-electron chi connectivity index (χ4n) is 1.61. The van der Waals surface area contributed by atoms with Gasteiger partial charge in [-0.25, -0.2) is 0 Å². The van der Waals surface area contributed by atoms with E-state index >= 15 is 0 Å². The van der Waals surface area contributed by atoms with Gasteiger partial charge in [0.15, 0.2) is 0 Å². The van der Waals surface area contributed by atoms with Gasteiger partial charge in [-0.2, -0.15) is 0 Å². The molecule has 0 spiro atoms. The summed E-state index contributed by atoms with van der Waals surface area (Å²) in [5.74, 6) is 0.334. The highest BCUT2D eigenvalue weighted by atomic mass is 16.3. The molecule has 0 atom stereocenters. The minimum Gasteiger partial charge on any atom is -0.508 e. The van der Waals surface area contributed by atoms with E-state index < -0.39 is 0 Å². The lowest BCUT2D eigenvalue weighted by Crippen LogP contribution is -1.87. The highest BCUT2D eigenvalue weighted by Crippen LogP contribution is 2.26. The monoisotopic (exact) mass is 199 g/mol. The number of nitrogens with zero attached hydrogens (tertiary/aromatic N) is 1. The molecule has 76 valence electrons. The molecule has 2 rings (SSSR count). The summed E-state index contributed by atoms with van der Waals surface area (Å²) in [6, 6.07) is 9.56. The Kier molecular flexibility index (Phi) is 2.42. The van der Waals surface area contributed by atoms with Crippen LogP contribution in [0.3, 0.4) is 0 Å². The Labute approximate surface area is 89.2 Å². The molecule has 0 fully saturated rings. The number of hydrogen-bond donors (Lipinski definition) is 1. The zero-order valence-electron chi connectivity index (χ0n) is 8.86. The maximum absolute atomic E-state index is 9.44. The Morgan fingerprint density at radius 2 is 1.93 bits per heavy atom. The summed E-state index contributed by atoms with van der Waals surface area (Å²) in [5.41, 5.74) is 4.09. The Morgan fingerprint density at radius 1 is 1.13 bits per heavy atom. The average Bonchev–Trinajstić information content (AvgIpc) is 2.23. The van der Waals surface area contributed by atoms with Crippen LogP contribution in [0, 0.1) is 13.8 Å². The van der Waals surface area contributed by atoms with E-state index in [2.05, 4.69) is 4.98 Å². The molecular formula is C13H13NO. The Hall–Kier alpha value is -1.83. The van der Waals surface area contributed by atoms with Crippen LogP contribution in [0.2, 0.25) is 0 Å². The fourth-order valence-corrected chi connectivity index (χ4v) is 1.61. The molecule has 2 aromatic rings. The smallest absolute Gasteiger partial charge is 0.118 e. The number of pyridine rings is 1. The molecule has 2 nitrogen and oxygen atoms in total. The normalized spacial score (nSPS) is 10.3. The number of hydrogen-bond acceptors (Lipinski definition) is 2. The predicted molar refractivity (Wildman–Crippen MR) is 60.8 cm³/mol. The molecule has 1 heterocycles. The van der Waals surface area contributed by atoms with Gasteiger partial charge in [0.25, 0.3) is 0 Å². The van der Waals surface area contributed by atoms with Crippen molar-refractivity contribution in [2.45, 2.75) is 13.8 Å². The van der Waals surface area contributed by atoms with E-state index in [1.54, 1.807) is 12.3 Å². The molecular weight excluding hydrogens is 186 g/mol. The largest absolute Gasteiger partial charge is 0.508 e. The van der Waals surface area contributed by atoms with Gasteiger partial charge < -0.3 is 5.11 Å². The lowest BCUT2D eigenvalue weighted by Gasteiger charge is -2.06. The predicted octanol–water partition coefficient (Wildman–Crippen LogP) is 3.07. The average molecular weight is 199 g/mol. The highest BCUT2D eigenvalue weighted by Gasteiger charge is 2.03. The highest BCUT2D eigenvalue weighted by molar-refractivity contribution is 5.67. The Bertz CT molecular complexity index is 492. The van der Waals surface area contributed by atoms with Gasteiger partial charge in [-0.3, -0.25) is 4.98 Å². The number of phenols is 1. The lowest BCUT2D eigenvalue weighted by molar-refractivity contribution is 0.471. The molecule has 0 aliphatic rings. The molecule has 15 heavy (non-hydrogen) atoms. The van der Waals surface area contributed by atoms with E-state index in [0.29, 0.717) is 5.75 Å². The summed E-state index contributed by atoms with van der Waals surface area (Å²) in [7, 11) is 0. The molecule has 0 radical (unpaired) electrons. The quantitative estimate of drug-likeness (QED) is 0.765. The third-order valence-corrected chi connectivity index (χ3v) is 2.51. The van der Waals surface area contributed by atoms with Crippen LogP contribution in [0.15, 0.2) is 36.5 Å². The molecule has 1 aromatic heterocycles. The summed E-state index contributed by atoms with van der Waals surface area (Å²) < 4.78 is 0. The van der Waals surface area contributed by atoms with Crippen LogP contribution in [-0.4, -0.2) is 10.1 Å². The van der Waals surface area contributed by atoms with Crippen LogP contribution < -0.4 is 0 Å². The van der Waals surface area contributed by atoms with E-state index in [-0.39, 0.29) is 0 Å². The van der Waals surface area contributed by atoms with Crippen molar-refractivity contribution in [3.8, 4) is 16.9 Å². The van der Waals surface area contributed by atoms with Gasteiger partial charge in [0, 0.05) is 17.5 Å². The number of rotatable bonds is 1. The van der Waals surface area contributed by atoms with Gasteiger partial charge in [-0.15, -0.1) is 0 Å². The van der Waals surface area contributed by atoms with Crippen molar-refractivity contribution in [1.82, 2.24) is 4.98 Å². The van der Waals surface area contributed by atoms with E-state index in [1.165, 1.54) is 0 Å². The van der Waals surface area contributed by atoms with Gasteiger partial charge in [0.1, 0.15) is 5.75 Å². The van der Waals surface area contributed by atoms with Crippen molar-refractivity contribution >= 4 is 0 Å². The number of aromatic nitrogens is 1. The first-order chi connectivity index (χ1) is 7.18. The van der Waals surface area contributed by atoms with E-state index in [0.717, 1.165) is 22.4 Å². The second-order valence-corrected chi connectivity index (χ2v) is 3.64. The topological polar surface area (TPSA) is 33.1 Å². The zero-order valence-corrected chi connectivity index (χ0v) is 8.86. The molecule has 1 aromatic carbocycles. The summed E-state index contributed by atoms with van der Waals surface area (Å²) in [4.78, 5) is 4.25. The molecule has 1 N–H and O–H groups in total. The van der Waals surface area contributed by atoms with Gasteiger partial charge in [-0.1, -0.05) is 12.1 Å². The standard InChI is InChI=1S/C13H13NO/c1-9-8-11(5-6-13(9)15)12-4-3-7-14-10(12)2/h3-8,15H,1-2H3. The summed E-state index contributed by atoms with van der Waals surface area (Å²) in [6.07, 6.45) is 1.78. The molecule has 0 aliphatic carbocycles. The van der Waals surface area contributed by atoms with Crippen LogP contribution in [0.1, 0.15) is 11.3 Å². The molecule has 0 unspecified atom stereocenters. The second-order valence-electron chi connectivity index (χ2n) is 3.64. The fraction of sp³-hybridized carbons (Fsp3) is 0.154. The van der Waals surface area contributed by atoms with Crippen LogP contribution in [0.4, 0.5) is 0 Å². The van der Waals surface area contributed by atoms with Crippen LogP contribution in [0.5, 0.6) is 5.75 Å². The van der Waals surface area contributed by atoms with Crippen molar-refractivity contribution < 1.29 is 5.11 Å². The van der Waals surface area contributed by atoms with Crippen LogP contribution in [0.25, 0.3) is 11.1 Å². The minimum atomic E-state index is 0.334. The molecule has 0 aliphatic heterocycles. The first kappa shape index (κ1) is 9.71. The second kappa shape index (κ2) is 3.73. The number of aryl methyl sites for hydroxylation is 2. The zero-order chi connectivity index (χ0) is 10.8. The van der Waals surface area contributed by atoms with Crippen molar-refractivity contribution in [3.05, 3.63) is 47.8 Å². The summed E-state index contributed by atoms with van der Waals surface area (Å²) in [5, 5.41) is 9.44. The Balaban J connectivity index is 2.55. The Morgan fingerprint density at radius 3 is 2.60 bits per heavy atom. The van der Waals surface area contributed by atoms with E-state index in [4.69, 9.17) is 0 Å². The third kappa shape index (κ3) is 1.84. The van der Waals surface area contributed by atoms with Crippen molar-refractivity contribution in [3.63, 3.8) is 0 Å². The number of aromatic hydroxyl groups is 1. The van der Waals surface area contributed by atoms with Crippen LogP contribution >= 0.6 is 0 Å². The van der Waals surface area contributed by atoms with E-state index in [1.807, 2.05) is 38.1 Å². The van der Waals surface area contributed by atoms with Gasteiger partial charge in [0.2, 0.25) is 0 Å². The maximum atomic E-state index is 9.44. The maximum Gasteiger partial charge on any atom is 0.118 e. The van der Waals surface area contributed by atoms with Gasteiger partial charge >= 0.3 is 0 Å². The molecule has 0 saturated carbocycles. The number of benzene rings is 1. The lowest BCUT2D eigenvalue weighted by atomic mass is 10.0. The van der Waals surface area contributed by atoms with Gasteiger partial charge in [-0.05, 0) is 43.2 Å². The molecule has 0 bridgehead atoms. The van der Waals surface area contributed by atoms with Crippen molar-refractivity contribution in [1.29, 1.82) is 0 Å². The minimum absolute atomic E-state index is 0.334. The van der Waals surface area contributed by atoms with Crippen molar-refractivity contribution in [2.24, 2.45) is 0 Å². The summed E-state index contributed by atoms with van der Waals surface area (Å²) >= 11 is 0. The number of phenolic OH excluding ortho intramolecular Hbond substituents is 1. The molecule has 2 heteroatoms. The third-order valence-electron chi connectivity index (χ3n) is 2.51. The first-order valence-electron chi connectivity index (χ1n) is 4.90. The van der Waals surface area contributed by atoms with Crippen LogP contribution in [-0.2, 0) is 0 Å². The molecule has 0 saturated heterocycles. The summed E-state index contributed by atoms with van der Waals surface area (Å²) in [6.45, 7) is 3.88. The first-order valence-corrected chi connectivity index (χ1v) is 4.90. The van der Waals surface area contributed by atoms with Gasteiger partial charge in [0.05, 0.1) is 0 Å². The van der Waals surface area contributed by atoms with E-state index in [9.17, 15) is 5.11 Å². The van der Waals surface area contributed by atoms with Crippen molar-refractivity contribution in [2.75, 3.05) is 0 Å². The SMILES string of the molecule is Cc1cc(-c2cccnc2C)ccc1O. The molecule has 0 amide bonds.